The Labute approximate surface area is 198 Å². The fourth-order valence-corrected chi connectivity index (χ4v) is 4.87. The molecule has 0 atom stereocenters. The smallest absolute Gasteiger partial charge is 0.296 e. The Balaban J connectivity index is 1.84. The summed E-state index contributed by atoms with van der Waals surface area (Å²) >= 11 is 0. The molecule has 9 heteroatoms. The lowest BCUT2D eigenvalue weighted by Crippen LogP contribution is -2.32. The van der Waals surface area contributed by atoms with Gasteiger partial charge in [0.25, 0.3) is 20.2 Å². The van der Waals surface area contributed by atoms with Crippen LogP contribution in [-0.4, -0.2) is 43.3 Å². The van der Waals surface area contributed by atoms with E-state index in [4.69, 9.17) is 13.1 Å². The maximum Gasteiger partial charge on any atom is 0.296 e. The number of hydrogen-bond acceptors (Lipinski definition) is 7. The average Bonchev–Trinajstić information content (AvgIpc) is 2.72. The van der Waals surface area contributed by atoms with Gasteiger partial charge in [0.05, 0.1) is 36.2 Å². The predicted octanol–water partition coefficient (Wildman–Crippen LogP) is 4.48. The third kappa shape index (κ3) is 8.83. The summed E-state index contributed by atoms with van der Waals surface area (Å²) in [4.78, 5) is 0.218. The highest BCUT2D eigenvalue weighted by molar-refractivity contribution is 7.87. The zero-order valence-corrected chi connectivity index (χ0v) is 21.8. The Kier molecular flexibility index (Phi) is 8.86. The summed E-state index contributed by atoms with van der Waals surface area (Å²) in [7, 11) is -7.72. The van der Waals surface area contributed by atoms with Gasteiger partial charge in [-0.3, -0.25) is 8.37 Å². The van der Waals surface area contributed by atoms with Gasteiger partial charge in [0, 0.05) is 10.8 Å². The van der Waals surface area contributed by atoms with Crippen LogP contribution in [0.15, 0.2) is 58.3 Å². The molecule has 0 saturated carbocycles. The summed E-state index contributed by atoms with van der Waals surface area (Å²) in [6, 6.07) is 12.9. The zero-order valence-electron chi connectivity index (χ0n) is 20.1. The number of aryl methyl sites for hydroxylation is 2. The second-order valence-corrected chi connectivity index (χ2v) is 13.1. The standard InChI is InChI=1S/C24H34O7S2/c1-19-7-11-21(12-8-19)32(25,26)30-17-23(3,4)15-29-16-24(5,6)18-31-33(27,28)22-13-9-20(2)10-14-22/h7-14H,15-18H2,1-6H3. The van der Waals surface area contributed by atoms with Gasteiger partial charge in [-0.15, -0.1) is 0 Å². The van der Waals surface area contributed by atoms with E-state index < -0.39 is 31.1 Å². The largest absolute Gasteiger partial charge is 0.380 e. The minimum Gasteiger partial charge on any atom is -0.380 e. The second kappa shape index (κ2) is 10.7. The molecule has 0 unspecified atom stereocenters. The van der Waals surface area contributed by atoms with Gasteiger partial charge in [0.1, 0.15) is 0 Å². The molecule has 0 amide bonds. The van der Waals surface area contributed by atoms with Crippen LogP contribution in [0.25, 0.3) is 0 Å². The summed E-state index contributed by atoms with van der Waals surface area (Å²) < 4.78 is 65.9. The molecule has 0 aliphatic carbocycles. The van der Waals surface area contributed by atoms with Gasteiger partial charge in [-0.25, -0.2) is 0 Å². The molecule has 0 fully saturated rings. The number of hydrogen-bond donors (Lipinski definition) is 0. The maximum atomic E-state index is 12.4. The van der Waals surface area contributed by atoms with Crippen molar-refractivity contribution in [2.75, 3.05) is 26.4 Å². The van der Waals surface area contributed by atoms with E-state index in [1.54, 1.807) is 24.3 Å². The summed E-state index contributed by atoms with van der Waals surface area (Å²) in [5.74, 6) is 0. The first kappa shape index (κ1) is 27.5. The van der Waals surface area contributed by atoms with Crippen LogP contribution in [0.1, 0.15) is 38.8 Å². The van der Waals surface area contributed by atoms with Crippen LogP contribution >= 0.6 is 0 Å². The van der Waals surface area contributed by atoms with E-state index in [1.165, 1.54) is 24.3 Å². The molecule has 2 aromatic rings. The number of ether oxygens (including phenoxy) is 1. The van der Waals surface area contributed by atoms with Crippen molar-refractivity contribution in [1.82, 2.24) is 0 Å². The van der Waals surface area contributed by atoms with Crippen molar-refractivity contribution in [3.63, 3.8) is 0 Å². The minimum atomic E-state index is -3.86. The summed E-state index contributed by atoms with van der Waals surface area (Å²) in [5.41, 5.74) is 0.757. The first-order chi connectivity index (χ1) is 15.1. The van der Waals surface area contributed by atoms with Crippen molar-refractivity contribution in [1.29, 1.82) is 0 Å². The van der Waals surface area contributed by atoms with Crippen molar-refractivity contribution in [2.45, 2.75) is 51.3 Å². The molecule has 0 aromatic heterocycles. The fraction of sp³-hybridized carbons (Fsp3) is 0.500. The Morgan fingerprint density at radius 2 is 0.879 bits per heavy atom. The molecular weight excluding hydrogens is 464 g/mol. The lowest BCUT2D eigenvalue weighted by atomic mass is 9.94. The summed E-state index contributed by atoms with van der Waals surface area (Å²) in [6.45, 7) is 11.4. The van der Waals surface area contributed by atoms with E-state index in [9.17, 15) is 16.8 Å². The van der Waals surface area contributed by atoms with E-state index >= 15 is 0 Å². The third-order valence-corrected chi connectivity index (χ3v) is 7.37. The van der Waals surface area contributed by atoms with Gasteiger partial charge in [-0.05, 0) is 38.1 Å². The molecule has 0 saturated heterocycles. The number of rotatable bonds is 12. The van der Waals surface area contributed by atoms with Crippen LogP contribution in [0.4, 0.5) is 0 Å². The molecule has 0 bridgehead atoms. The Bertz CT molecular complexity index is 1020. The van der Waals surface area contributed by atoms with Gasteiger partial charge in [-0.1, -0.05) is 63.1 Å². The molecular formula is C24H34O7S2. The molecule has 2 rings (SSSR count). The Morgan fingerprint density at radius 3 is 1.18 bits per heavy atom. The van der Waals surface area contributed by atoms with Gasteiger partial charge in [0.2, 0.25) is 0 Å². The van der Waals surface area contributed by atoms with Crippen LogP contribution in [0.5, 0.6) is 0 Å². The molecule has 2 aromatic carbocycles. The lowest BCUT2D eigenvalue weighted by Gasteiger charge is -2.28. The zero-order chi connectivity index (χ0) is 24.9. The third-order valence-electron chi connectivity index (χ3n) is 4.81. The molecule has 0 aliphatic heterocycles. The normalized spacial score (nSPS) is 13.3. The molecule has 33 heavy (non-hydrogen) atoms. The van der Waals surface area contributed by atoms with E-state index in [0.717, 1.165) is 11.1 Å². The molecule has 0 spiro atoms. The average molecular weight is 499 g/mol. The molecule has 7 nitrogen and oxygen atoms in total. The highest BCUT2D eigenvalue weighted by Gasteiger charge is 2.28. The SMILES string of the molecule is Cc1ccc(S(=O)(=O)OCC(C)(C)COCC(C)(C)COS(=O)(=O)c2ccc(C)cc2)cc1. The van der Waals surface area contributed by atoms with E-state index in [1.807, 2.05) is 41.5 Å². The second-order valence-electron chi connectivity index (χ2n) is 9.88. The molecule has 0 aliphatic rings. The van der Waals surface area contributed by atoms with E-state index in [0.29, 0.717) is 0 Å². The Morgan fingerprint density at radius 1 is 0.576 bits per heavy atom. The van der Waals surface area contributed by atoms with Crippen molar-refractivity contribution in [3.05, 3.63) is 59.7 Å². The number of benzene rings is 2. The Hall–Kier alpha value is -1.78. The van der Waals surface area contributed by atoms with Crippen molar-refractivity contribution < 1.29 is 29.9 Å². The van der Waals surface area contributed by atoms with E-state index in [-0.39, 0.29) is 36.2 Å². The van der Waals surface area contributed by atoms with Crippen LogP contribution in [-0.2, 0) is 33.3 Å². The molecule has 0 heterocycles. The van der Waals surface area contributed by atoms with Crippen LogP contribution in [0, 0.1) is 24.7 Å². The van der Waals surface area contributed by atoms with Crippen LogP contribution in [0.3, 0.4) is 0 Å². The molecule has 0 N–H and O–H groups in total. The first-order valence-corrected chi connectivity index (χ1v) is 13.4. The molecule has 0 radical (unpaired) electrons. The van der Waals surface area contributed by atoms with Gasteiger partial charge >= 0.3 is 0 Å². The van der Waals surface area contributed by atoms with Crippen molar-refractivity contribution in [3.8, 4) is 0 Å². The van der Waals surface area contributed by atoms with Crippen LogP contribution in [0.2, 0.25) is 0 Å². The highest BCUT2D eigenvalue weighted by Crippen LogP contribution is 2.24. The summed E-state index contributed by atoms with van der Waals surface area (Å²) in [6.07, 6.45) is 0. The molecule has 184 valence electrons. The quantitative estimate of drug-likeness (QED) is 0.398. The fourth-order valence-electron chi connectivity index (χ4n) is 2.71. The van der Waals surface area contributed by atoms with E-state index in [2.05, 4.69) is 0 Å². The summed E-state index contributed by atoms with van der Waals surface area (Å²) in [5, 5.41) is 0. The van der Waals surface area contributed by atoms with Gasteiger partial charge < -0.3 is 4.74 Å². The van der Waals surface area contributed by atoms with Crippen LogP contribution < -0.4 is 0 Å². The maximum absolute atomic E-state index is 12.4. The topological polar surface area (TPSA) is 96.0 Å². The van der Waals surface area contributed by atoms with Gasteiger partial charge in [-0.2, -0.15) is 16.8 Å². The lowest BCUT2D eigenvalue weighted by molar-refractivity contribution is -0.0125. The van der Waals surface area contributed by atoms with Crippen molar-refractivity contribution >= 4 is 20.2 Å². The minimum absolute atomic E-state index is 0.0536. The predicted molar refractivity (Wildman–Crippen MR) is 127 cm³/mol. The van der Waals surface area contributed by atoms with Crippen molar-refractivity contribution in [2.24, 2.45) is 10.8 Å². The monoisotopic (exact) mass is 498 g/mol. The van der Waals surface area contributed by atoms with Gasteiger partial charge in [0.15, 0.2) is 0 Å². The highest BCUT2D eigenvalue weighted by atomic mass is 32.2. The first-order valence-electron chi connectivity index (χ1n) is 10.6.